The Hall–Kier alpha value is -2.20. The molecule has 3 unspecified atom stereocenters. The smallest absolute Gasteiger partial charge is 0.435 e. The van der Waals surface area contributed by atoms with Gasteiger partial charge in [0.25, 0.3) is 0 Å². The minimum atomic E-state index is -6.80. The number of likely N-dealkylation sites (N-methyl/N-ethyl adjacent to an activating group) is 2. The van der Waals surface area contributed by atoms with Gasteiger partial charge < -0.3 is 14.4 Å². The molecule has 16 heteroatoms. The van der Waals surface area contributed by atoms with Gasteiger partial charge in [0.1, 0.15) is 5.75 Å². The molecule has 4 rings (SSSR count). The monoisotopic (exact) mass is 734 g/mol. The van der Waals surface area contributed by atoms with Gasteiger partial charge in [-0.25, -0.2) is 0 Å². The minimum absolute atomic E-state index is 0.0830. The van der Waals surface area contributed by atoms with Crippen molar-refractivity contribution in [2.75, 3.05) is 46.2 Å². The predicted octanol–water partition coefficient (Wildman–Crippen LogP) is 7.79. The average molecular weight is 735 g/mol. The van der Waals surface area contributed by atoms with E-state index in [-0.39, 0.29) is 16.6 Å². The van der Waals surface area contributed by atoms with Crippen LogP contribution in [0.5, 0.6) is 5.75 Å². The van der Waals surface area contributed by atoms with E-state index in [1.165, 1.54) is 29.9 Å². The second-order valence-electron chi connectivity index (χ2n) is 13.7. The third-order valence-electron chi connectivity index (χ3n) is 10.8. The molecule has 0 spiro atoms. The largest absolute Gasteiger partial charge is 0.494 e. The van der Waals surface area contributed by atoms with Crippen LogP contribution >= 0.6 is 11.8 Å². The van der Waals surface area contributed by atoms with Crippen molar-refractivity contribution in [3.63, 3.8) is 0 Å². The SMILES string of the molecule is CC(=O)SCCCOc1ccc2c(c1)CCC1C2CC[C@@]2(C)C1CC[C@@H]2N(C)C(=O)CN(C)CCOC(C(F)(F)F)(C(F)(F)F)C(F)(F)F. The summed E-state index contributed by atoms with van der Waals surface area (Å²) in [5.74, 6) is 2.19. The van der Waals surface area contributed by atoms with E-state index >= 15 is 0 Å². The summed E-state index contributed by atoms with van der Waals surface area (Å²) in [6.45, 7) is 1.48. The van der Waals surface area contributed by atoms with Crippen molar-refractivity contribution in [3.8, 4) is 5.75 Å². The number of aryl methyl sites for hydroxylation is 1. The van der Waals surface area contributed by atoms with Gasteiger partial charge in [-0.2, -0.15) is 39.5 Å². The van der Waals surface area contributed by atoms with Gasteiger partial charge in [0.15, 0.2) is 5.12 Å². The number of halogens is 9. The van der Waals surface area contributed by atoms with Gasteiger partial charge in [-0.15, -0.1) is 0 Å². The fourth-order valence-corrected chi connectivity index (χ4v) is 8.95. The first kappa shape index (κ1) is 39.6. The van der Waals surface area contributed by atoms with Gasteiger partial charge in [0.2, 0.25) is 5.91 Å². The van der Waals surface area contributed by atoms with Crippen LogP contribution in [0.25, 0.3) is 0 Å². The zero-order chi connectivity index (χ0) is 36.6. The lowest BCUT2D eigenvalue weighted by Crippen LogP contribution is -2.68. The lowest BCUT2D eigenvalue weighted by atomic mass is 9.55. The summed E-state index contributed by atoms with van der Waals surface area (Å²) < 4.78 is 128. The first-order valence-electron chi connectivity index (χ1n) is 16.3. The summed E-state index contributed by atoms with van der Waals surface area (Å²) in [7, 11) is 2.84. The van der Waals surface area contributed by atoms with Crippen LogP contribution in [0.2, 0.25) is 0 Å². The van der Waals surface area contributed by atoms with Crippen LogP contribution in [0.1, 0.15) is 69.4 Å². The molecule has 6 nitrogen and oxygen atoms in total. The number of nitrogens with zero attached hydrogens (tertiary/aromatic N) is 2. The van der Waals surface area contributed by atoms with E-state index in [0.29, 0.717) is 30.1 Å². The number of fused-ring (bicyclic) bond motifs is 5. The van der Waals surface area contributed by atoms with E-state index < -0.39 is 49.7 Å². The Labute approximate surface area is 284 Å². The fraction of sp³-hybridized carbons (Fsp3) is 0.758. The number of carbonyl (C=O) groups excluding carboxylic acids is 2. The summed E-state index contributed by atoms with van der Waals surface area (Å²) in [6.07, 6.45) is -14.4. The van der Waals surface area contributed by atoms with Gasteiger partial charge in [0.05, 0.1) is 19.8 Å². The van der Waals surface area contributed by atoms with E-state index in [2.05, 4.69) is 23.8 Å². The highest BCUT2D eigenvalue weighted by Gasteiger charge is 2.85. The Morgan fingerprint density at radius 2 is 1.59 bits per heavy atom. The Kier molecular flexibility index (Phi) is 12.0. The van der Waals surface area contributed by atoms with Crippen molar-refractivity contribution in [2.24, 2.45) is 17.3 Å². The second-order valence-corrected chi connectivity index (χ2v) is 15.0. The zero-order valence-electron chi connectivity index (χ0n) is 27.9. The maximum absolute atomic E-state index is 13.3. The highest BCUT2D eigenvalue weighted by Crippen LogP contribution is 2.62. The first-order valence-corrected chi connectivity index (χ1v) is 17.3. The highest BCUT2D eigenvalue weighted by molar-refractivity contribution is 8.13. The number of hydrogen-bond acceptors (Lipinski definition) is 6. The highest BCUT2D eigenvalue weighted by atomic mass is 32.2. The molecule has 1 aromatic carbocycles. The molecular formula is C33H43F9N2O4S. The predicted molar refractivity (Wildman–Crippen MR) is 165 cm³/mol. The van der Waals surface area contributed by atoms with E-state index in [9.17, 15) is 49.1 Å². The van der Waals surface area contributed by atoms with Gasteiger partial charge in [0, 0.05) is 32.3 Å². The normalized spacial score (nSPS) is 25.8. The number of thioether (sulfide) groups is 1. The van der Waals surface area contributed by atoms with E-state index in [0.717, 1.165) is 55.6 Å². The number of hydrogen-bond donors (Lipinski definition) is 0. The second kappa shape index (κ2) is 14.8. The molecule has 0 heterocycles. The average Bonchev–Trinajstić information content (AvgIpc) is 3.33. The van der Waals surface area contributed by atoms with Crippen LogP contribution in [0, 0.1) is 17.3 Å². The standard InChI is InChI=1S/C33H43F9N2O4S/c1-20(45)49-17-5-15-47-22-7-9-23-21(18-22)6-8-25-24(23)12-13-29(2)26(25)10-11-27(29)44(4)28(46)19-43(3)14-16-48-30(31(34,35)36,32(37,38)39)33(40,41)42/h7,9,18,24-27H,5-6,8,10-17,19H2,1-4H3/t24?,25?,26?,27-,29-/m0/s1. The summed E-state index contributed by atoms with van der Waals surface area (Å²) in [5, 5.41) is 0.0830. The summed E-state index contributed by atoms with van der Waals surface area (Å²) in [6, 6.07) is 6.10. The molecule has 3 aliphatic carbocycles. The fourth-order valence-electron chi connectivity index (χ4n) is 8.40. The van der Waals surface area contributed by atoms with Crippen molar-refractivity contribution < 1.29 is 58.6 Å². The lowest BCUT2D eigenvalue weighted by molar-refractivity contribution is -0.457. The number of amides is 1. The number of alkyl halides is 9. The maximum Gasteiger partial charge on any atom is 0.435 e. The molecule has 0 radical (unpaired) electrons. The quantitative estimate of drug-likeness (QED) is 0.162. The Balaban J connectivity index is 1.34. The maximum atomic E-state index is 13.3. The summed E-state index contributed by atoms with van der Waals surface area (Å²) >= 11 is 1.28. The van der Waals surface area contributed by atoms with E-state index in [4.69, 9.17) is 4.74 Å². The van der Waals surface area contributed by atoms with Crippen LogP contribution in [-0.2, 0) is 20.7 Å². The molecule has 1 aromatic rings. The summed E-state index contributed by atoms with van der Waals surface area (Å²) in [5.41, 5.74) is -3.96. The molecule has 0 saturated heterocycles. The molecule has 5 atom stereocenters. The van der Waals surface area contributed by atoms with E-state index in [1.54, 1.807) is 18.9 Å². The van der Waals surface area contributed by atoms with Crippen LogP contribution in [0.15, 0.2) is 18.2 Å². The number of carbonyl (C=O) groups is 2. The minimum Gasteiger partial charge on any atom is -0.494 e. The number of rotatable bonds is 12. The number of benzene rings is 1. The Morgan fingerprint density at radius 3 is 2.20 bits per heavy atom. The van der Waals surface area contributed by atoms with Crippen LogP contribution < -0.4 is 4.74 Å². The summed E-state index contributed by atoms with van der Waals surface area (Å²) in [4.78, 5) is 27.0. The molecule has 49 heavy (non-hydrogen) atoms. The Morgan fingerprint density at radius 1 is 0.939 bits per heavy atom. The van der Waals surface area contributed by atoms with Crippen LogP contribution in [0.3, 0.4) is 0 Å². The van der Waals surface area contributed by atoms with Crippen LogP contribution in [-0.4, -0.2) is 97.1 Å². The molecule has 278 valence electrons. The zero-order valence-corrected chi connectivity index (χ0v) is 28.7. The van der Waals surface area contributed by atoms with Crippen molar-refractivity contribution in [1.82, 2.24) is 9.80 Å². The van der Waals surface area contributed by atoms with Gasteiger partial charge in [-0.3, -0.25) is 14.5 Å². The molecule has 3 aliphatic rings. The third-order valence-corrected chi connectivity index (χ3v) is 11.7. The molecule has 0 bridgehead atoms. The van der Waals surface area contributed by atoms with Gasteiger partial charge >= 0.3 is 24.1 Å². The molecule has 1 amide bonds. The van der Waals surface area contributed by atoms with E-state index in [1.807, 2.05) is 6.07 Å². The molecule has 0 aromatic heterocycles. The van der Waals surface area contributed by atoms with Gasteiger partial charge in [-0.1, -0.05) is 24.8 Å². The number of ether oxygens (including phenoxy) is 2. The first-order chi connectivity index (χ1) is 22.6. The van der Waals surface area contributed by atoms with Crippen molar-refractivity contribution in [3.05, 3.63) is 29.3 Å². The van der Waals surface area contributed by atoms with Crippen molar-refractivity contribution in [1.29, 1.82) is 0 Å². The van der Waals surface area contributed by atoms with Crippen molar-refractivity contribution >= 4 is 22.8 Å². The van der Waals surface area contributed by atoms with Crippen LogP contribution in [0.4, 0.5) is 39.5 Å². The third kappa shape index (κ3) is 8.00. The lowest BCUT2D eigenvalue weighted by Gasteiger charge is -2.52. The van der Waals surface area contributed by atoms with Crippen molar-refractivity contribution in [2.45, 2.75) is 94.9 Å². The molecule has 2 fully saturated rings. The molecule has 0 aliphatic heterocycles. The molecule has 2 saturated carbocycles. The van der Waals surface area contributed by atoms with Gasteiger partial charge in [-0.05, 0) is 98.4 Å². The molecule has 0 N–H and O–H groups in total. The molecular weight excluding hydrogens is 691 g/mol. The Bertz CT molecular complexity index is 1300. The topological polar surface area (TPSA) is 59.1 Å².